The van der Waals surface area contributed by atoms with E-state index in [-0.39, 0.29) is 37.1 Å². The molecule has 0 saturated carbocycles. The zero-order valence-corrected chi connectivity index (χ0v) is 14.4. The molecular formula is C19H26N2O4. The summed E-state index contributed by atoms with van der Waals surface area (Å²) in [7, 11) is 0. The van der Waals surface area contributed by atoms with Gasteiger partial charge in [0.15, 0.2) is 0 Å². The topological polar surface area (TPSA) is 81.1 Å². The highest BCUT2D eigenvalue weighted by molar-refractivity contribution is 6.01. The van der Waals surface area contributed by atoms with Crippen LogP contribution in [0.1, 0.15) is 37.4 Å². The van der Waals surface area contributed by atoms with Gasteiger partial charge in [0.05, 0.1) is 18.8 Å². The third-order valence-electron chi connectivity index (χ3n) is 5.24. The van der Waals surface area contributed by atoms with Gasteiger partial charge in [0, 0.05) is 19.4 Å². The van der Waals surface area contributed by atoms with E-state index in [4.69, 9.17) is 0 Å². The molecule has 136 valence electrons. The van der Waals surface area contributed by atoms with Gasteiger partial charge in [-0.05, 0) is 37.4 Å². The second-order valence-corrected chi connectivity index (χ2v) is 7.05. The van der Waals surface area contributed by atoms with Crippen molar-refractivity contribution in [3.63, 3.8) is 0 Å². The molecule has 0 aliphatic carbocycles. The summed E-state index contributed by atoms with van der Waals surface area (Å²) in [5, 5.41) is 20.7. The van der Waals surface area contributed by atoms with E-state index in [2.05, 4.69) is 4.90 Å². The van der Waals surface area contributed by atoms with Crippen LogP contribution in [-0.2, 0) is 9.59 Å². The number of carbonyl (C=O) groups is 2. The summed E-state index contributed by atoms with van der Waals surface area (Å²) < 4.78 is 0. The predicted octanol–water partition coefficient (Wildman–Crippen LogP) is 0.942. The smallest absolute Gasteiger partial charge is 0.229 e. The maximum absolute atomic E-state index is 11.6. The van der Waals surface area contributed by atoms with Crippen LogP contribution < -0.4 is 0 Å². The third kappa shape index (κ3) is 4.45. The number of aliphatic hydroxyl groups is 2. The average molecular weight is 346 g/mol. The zero-order chi connectivity index (χ0) is 17.8. The molecule has 2 saturated heterocycles. The minimum Gasteiger partial charge on any atom is -0.390 e. The van der Waals surface area contributed by atoms with Crippen LogP contribution in [0.3, 0.4) is 0 Å². The molecule has 0 spiro atoms. The van der Waals surface area contributed by atoms with Crippen molar-refractivity contribution in [2.24, 2.45) is 5.92 Å². The van der Waals surface area contributed by atoms with E-state index in [1.54, 1.807) is 0 Å². The SMILES string of the molecule is O=C1CCC(=O)N1C[C@H](O)CN1CCC([C@@H](O)c2ccccc2)CC1. The minimum absolute atomic E-state index is 0.0875. The molecule has 2 amide bonds. The van der Waals surface area contributed by atoms with Gasteiger partial charge in [0.1, 0.15) is 0 Å². The summed E-state index contributed by atoms with van der Waals surface area (Å²) in [5.41, 5.74) is 0.951. The van der Waals surface area contributed by atoms with Gasteiger partial charge in [0.2, 0.25) is 11.8 Å². The van der Waals surface area contributed by atoms with Crippen molar-refractivity contribution in [3.05, 3.63) is 35.9 Å². The van der Waals surface area contributed by atoms with Gasteiger partial charge in [-0.1, -0.05) is 30.3 Å². The Morgan fingerprint density at radius 3 is 2.16 bits per heavy atom. The molecule has 2 heterocycles. The van der Waals surface area contributed by atoms with E-state index in [0.717, 1.165) is 31.5 Å². The van der Waals surface area contributed by atoms with Crippen LogP contribution in [0.25, 0.3) is 0 Å². The van der Waals surface area contributed by atoms with Crippen molar-refractivity contribution in [1.29, 1.82) is 0 Å². The van der Waals surface area contributed by atoms with Gasteiger partial charge < -0.3 is 15.1 Å². The molecule has 0 aromatic heterocycles. The zero-order valence-electron chi connectivity index (χ0n) is 14.4. The molecule has 2 N–H and O–H groups in total. The second kappa shape index (κ2) is 8.08. The number of hydrogen-bond acceptors (Lipinski definition) is 5. The number of likely N-dealkylation sites (tertiary alicyclic amines) is 2. The Morgan fingerprint density at radius 2 is 1.56 bits per heavy atom. The Bertz CT molecular complexity index is 583. The Hall–Kier alpha value is -1.76. The first-order chi connectivity index (χ1) is 12.0. The van der Waals surface area contributed by atoms with Crippen molar-refractivity contribution < 1.29 is 19.8 Å². The van der Waals surface area contributed by atoms with E-state index >= 15 is 0 Å². The molecule has 1 aromatic rings. The normalized spacial score (nSPS) is 22.4. The van der Waals surface area contributed by atoms with Gasteiger partial charge in [-0.3, -0.25) is 14.5 Å². The molecule has 0 radical (unpaired) electrons. The van der Waals surface area contributed by atoms with Gasteiger partial charge >= 0.3 is 0 Å². The first-order valence-corrected chi connectivity index (χ1v) is 9.01. The van der Waals surface area contributed by atoms with Crippen molar-refractivity contribution in [2.75, 3.05) is 26.2 Å². The largest absolute Gasteiger partial charge is 0.390 e. The van der Waals surface area contributed by atoms with Gasteiger partial charge in [-0.15, -0.1) is 0 Å². The Morgan fingerprint density at radius 1 is 0.960 bits per heavy atom. The number of rotatable bonds is 6. The van der Waals surface area contributed by atoms with Crippen LogP contribution in [-0.4, -0.2) is 64.1 Å². The lowest BCUT2D eigenvalue weighted by atomic mass is 9.87. The molecule has 2 aliphatic rings. The van der Waals surface area contributed by atoms with Crippen LogP contribution in [0.15, 0.2) is 30.3 Å². The number of amides is 2. The number of benzene rings is 1. The maximum atomic E-state index is 11.6. The second-order valence-electron chi connectivity index (χ2n) is 7.05. The van der Waals surface area contributed by atoms with Crippen LogP contribution in [0.5, 0.6) is 0 Å². The Kier molecular flexibility index (Phi) is 5.83. The molecule has 6 heteroatoms. The van der Waals surface area contributed by atoms with Crippen LogP contribution in [0, 0.1) is 5.92 Å². The van der Waals surface area contributed by atoms with E-state index in [1.165, 1.54) is 4.90 Å². The summed E-state index contributed by atoms with van der Waals surface area (Å²) in [5.74, 6) is -0.153. The maximum Gasteiger partial charge on any atom is 0.229 e. The summed E-state index contributed by atoms with van der Waals surface area (Å²) >= 11 is 0. The number of β-amino-alcohol motifs (C(OH)–C–C–N with tert-alkyl or cyclic N) is 1. The molecule has 25 heavy (non-hydrogen) atoms. The van der Waals surface area contributed by atoms with Gasteiger partial charge in [-0.25, -0.2) is 0 Å². The molecule has 1 aromatic carbocycles. The van der Waals surface area contributed by atoms with Crippen LogP contribution >= 0.6 is 0 Å². The lowest BCUT2D eigenvalue weighted by molar-refractivity contribution is -0.140. The fraction of sp³-hybridized carbons (Fsp3) is 0.579. The first kappa shape index (κ1) is 18.0. The monoisotopic (exact) mass is 346 g/mol. The fourth-order valence-electron chi connectivity index (χ4n) is 3.77. The highest BCUT2D eigenvalue weighted by Gasteiger charge is 2.32. The summed E-state index contributed by atoms with van der Waals surface area (Å²) in [4.78, 5) is 26.6. The molecule has 0 unspecified atom stereocenters. The lowest BCUT2D eigenvalue weighted by Crippen LogP contribution is -2.45. The molecule has 3 rings (SSSR count). The van der Waals surface area contributed by atoms with E-state index in [0.29, 0.717) is 6.54 Å². The summed E-state index contributed by atoms with van der Waals surface area (Å²) in [6, 6.07) is 9.71. The van der Waals surface area contributed by atoms with Crippen LogP contribution in [0.2, 0.25) is 0 Å². The first-order valence-electron chi connectivity index (χ1n) is 9.01. The standard InChI is InChI=1S/C19H26N2O4/c22-16(13-21-17(23)6-7-18(21)24)12-20-10-8-15(9-11-20)19(25)14-4-2-1-3-5-14/h1-5,15-16,19,22,25H,6-13H2/t16-,19+/m1/s1. The quantitative estimate of drug-likeness (QED) is 0.750. The number of hydrogen-bond donors (Lipinski definition) is 2. The fourth-order valence-corrected chi connectivity index (χ4v) is 3.77. The Labute approximate surface area is 148 Å². The number of piperidine rings is 1. The number of nitrogens with zero attached hydrogens (tertiary/aromatic N) is 2. The number of imide groups is 1. The molecule has 2 atom stereocenters. The highest BCUT2D eigenvalue weighted by atomic mass is 16.3. The molecule has 6 nitrogen and oxygen atoms in total. The van der Waals surface area contributed by atoms with Crippen LogP contribution in [0.4, 0.5) is 0 Å². The van der Waals surface area contributed by atoms with Gasteiger partial charge in [0.25, 0.3) is 0 Å². The molecule has 2 aliphatic heterocycles. The summed E-state index contributed by atoms with van der Waals surface area (Å²) in [6.07, 6.45) is 1.08. The third-order valence-corrected chi connectivity index (χ3v) is 5.24. The average Bonchev–Trinajstić information content (AvgIpc) is 2.94. The molecule has 0 bridgehead atoms. The van der Waals surface area contributed by atoms with E-state index in [1.807, 2.05) is 30.3 Å². The van der Waals surface area contributed by atoms with Crippen molar-refractivity contribution in [1.82, 2.24) is 9.80 Å². The Balaban J connectivity index is 1.44. The molecular weight excluding hydrogens is 320 g/mol. The van der Waals surface area contributed by atoms with Gasteiger partial charge in [-0.2, -0.15) is 0 Å². The number of carbonyl (C=O) groups excluding carboxylic acids is 2. The number of aliphatic hydroxyl groups excluding tert-OH is 2. The lowest BCUT2D eigenvalue weighted by Gasteiger charge is -2.35. The van der Waals surface area contributed by atoms with Crippen molar-refractivity contribution in [2.45, 2.75) is 37.9 Å². The molecule has 2 fully saturated rings. The van der Waals surface area contributed by atoms with Crippen molar-refractivity contribution >= 4 is 11.8 Å². The summed E-state index contributed by atoms with van der Waals surface area (Å²) in [6.45, 7) is 2.14. The van der Waals surface area contributed by atoms with E-state index < -0.39 is 12.2 Å². The van der Waals surface area contributed by atoms with E-state index in [9.17, 15) is 19.8 Å². The minimum atomic E-state index is -0.721. The highest BCUT2D eigenvalue weighted by Crippen LogP contribution is 2.30. The van der Waals surface area contributed by atoms with Crippen molar-refractivity contribution in [3.8, 4) is 0 Å². The predicted molar refractivity (Wildman–Crippen MR) is 92.5 cm³/mol.